The Kier molecular flexibility index (Phi) is 4.05. The molecule has 0 atom stereocenters. The fourth-order valence-corrected chi connectivity index (χ4v) is 2.09. The molecule has 23 heavy (non-hydrogen) atoms. The molecule has 0 saturated heterocycles. The molecule has 0 aliphatic carbocycles. The second-order valence-corrected chi connectivity index (χ2v) is 4.66. The van der Waals surface area contributed by atoms with Crippen LogP contribution in [-0.4, -0.2) is 31.1 Å². The van der Waals surface area contributed by atoms with Crippen molar-refractivity contribution in [2.24, 2.45) is 4.99 Å². The minimum atomic E-state index is -0.525. The van der Waals surface area contributed by atoms with Crippen molar-refractivity contribution in [2.45, 2.75) is 0 Å². The Morgan fingerprint density at radius 3 is 2.70 bits per heavy atom. The number of ether oxygens (including phenoxy) is 3. The van der Waals surface area contributed by atoms with Gasteiger partial charge in [-0.2, -0.15) is 0 Å². The Morgan fingerprint density at radius 1 is 1.13 bits per heavy atom. The number of rotatable bonds is 4. The number of nitrogens with zero attached hydrogens (tertiary/aromatic N) is 2. The number of methoxy groups -OCH3 is 2. The van der Waals surface area contributed by atoms with Crippen molar-refractivity contribution in [1.29, 1.82) is 0 Å². The van der Waals surface area contributed by atoms with Gasteiger partial charge in [0.15, 0.2) is 5.70 Å². The molecule has 0 unspecified atom stereocenters. The summed E-state index contributed by atoms with van der Waals surface area (Å²) >= 11 is 0. The summed E-state index contributed by atoms with van der Waals surface area (Å²) < 4.78 is 15.6. The highest BCUT2D eigenvalue weighted by molar-refractivity contribution is 6.12. The Morgan fingerprint density at radius 2 is 2.00 bits per heavy atom. The molecule has 0 N–H and O–H groups in total. The zero-order valence-electron chi connectivity index (χ0n) is 12.6. The first-order valence-corrected chi connectivity index (χ1v) is 6.87. The van der Waals surface area contributed by atoms with E-state index in [1.54, 1.807) is 62.9 Å². The van der Waals surface area contributed by atoms with Crippen molar-refractivity contribution >= 4 is 17.9 Å². The Bertz CT molecular complexity index is 797. The van der Waals surface area contributed by atoms with E-state index in [4.69, 9.17) is 14.2 Å². The predicted molar refractivity (Wildman–Crippen MR) is 84.4 cm³/mol. The average Bonchev–Trinajstić information content (AvgIpc) is 2.97. The van der Waals surface area contributed by atoms with E-state index in [-0.39, 0.29) is 11.6 Å². The molecule has 0 fully saturated rings. The van der Waals surface area contributed by atoms with Gasteiger partial charge in [0.05, 0.1) is 14.2 Å². The molecule has 0 amide bonds. The largest absolute Gasteiger partial charge is 0.497 e. The number of hydrogen-bond donors (Lipinski definition) is 0. The van der Waals surface area contributed by atoms with Crippen molar-refractivity contribution in [3.63, 3.8) is 0 Å². The third kappa shape index (κ3) is 3.06. The average molecular weight is 310 g/mol. The van der Waals surface area contributed by atoms with E-state index < -0.39 is 5.97 Å². The van der Waals surface area contributed by atoms with Crippen LogP contribution in [0.1, 0.15) is 11.3 Å². The van der Waals surface area contributed by atoms with Gasteiger partial charge in [-0.1, -0.05) is 6.07 Å². The maximum atomic E-state index is 12.0. The minimum absolute atomic E-state index is 0.189. The summed E-state index contributed by atoms with van der Waals surface area (Å²) in [7, 11) is 3.12. The SMILES string of the molecule is COc1ccc(/C=C2/N=C(c3ccccn3)OC2=O)c(OC)c1. The Labute approximate surface area is 133 Å². The lowest BCUT2D eigenvalue weighted by Crippen LogP contribution is -2.06. The highest BCUT2D eigenvalue weighted by Gasteiger charge is 2.25. The summed E-state index contributed by atoms with van der Waals surface area (Å²) in [5, 5.41) is 0. The Hall–Kier alpha value is -3.15. The van der Waals surface area contributed by atoms with Crippen molar-refractivity contribution in [1.82, 2.24) is 4.98 Å². The number of cyclic esters (lactones) is 1. The summed E-state index contributed by atoms with van der Waals surface area (Å²) in [5.74, 6) is 0.902. The van der Waals surface area contributed by atoms with Crippen molar-refractivity contribution in [3.05, 3.63) is 59.5 Å². The quantitative estimate of drug-likeness (QED) is 0.641. The maximum Gasteiger partial charge on any atom is 0.363 e. The number of esters is 1. The fourth-order valence-electron chi connectivity index (χ4n) is 2.09. The van der Waals surface area contributed by atoms with Gasteiger partial charge in [0.2, 0.25) is 5.90 Å². The van der Waals surface area contributed by atoms with E-state index in [1.165, 1.54) is 0 Å². The molecule has 116 valence electrons. The van der Waals surface area contributed by atoms with E-state index in [9.17, 15) is 4.79 Å². The first-order valence-electron chi connectivity index (χ1n) is 6.87. The molecule has 2 heterocycles. The van der Waals surface area contributed by atoms with Crippen LogP contribution in [0.15, 0.2) is 53.3 Å². The van der Waals surface area contributed by atoms with Gasteiger partial charge in [-0.3, -0.25) is 4.98 Å². The summed E-state index contributed by atoms with van der Waals surface area (Å²) in [6.07, 6.45) is 3.22. The smallest absolute Gasteiger partial charge is 0.363 e. The molecule has 1 aliphatic rings. The zero-order valence-corrected chi connectivity index (χ0v) is 12.6. The van der Waals surface area contributed by atoms with Crippen LogP contribution in [0.2, 0.25) is 0 Å². The molecule has 0 saturated carbocycles. The van der Waals surface area contributed by atoms with Gasteiger partial charge in [-0.05, 0) is 30.3 Å². The first kappa shape index (κ1) is 14.8. The molecule has 0 radical (unpaired) electrons. The zero-order chi connectivity index (χ0) is 16.2. The van der Waals surface area contributed by atoms with Crippen LogP contribution in [0.3, 0.4) is 0 Å². The molecular formula is C17H14N2O4. The van der Waals surface area contributed by atoms with Crippen LogP contribution in [-0.2, 0) is 9.53 Å². The van der Waals surface area contributed by atoms with Gasteiger partial charge in [0.1, 0.15) is 17.2 Å². The molecule has 3 rings (SSSR count). The third-order valence-electron chi connectivity index (χ3n) is 3.24. The lowest BCUT2D eigenvalue weighted by molar-refractivity contribution is -0.129. The number of benzene rings is 1. The molecular weight excluding hydrogens is 296 g/mol. The molecule has 1 aliphatic heterocycles. The minimum Gasteiger partial charge on any atom is -0.497 e. The number of aromatic nitrogens is 1. The van der Waals surface area contributed by atoms with Crippen LogP contribution < -0.4 is 9.47 Å². The van der Waals surface area contributed by atoms with Gasteiger partial charge < -0.3 is 14.2 Å². The van der Waals surface area contributed by atoms with Crippen LogP contribution in [0.5, 0.6) is 11.5 Å². The molecule has 1 aromatic heterocycles. The van der Waals surface area contributed by atoms with E-state index in [2.05, 4.69) is 9.98 Å². The predicted octanol–water partition coefficient (Wildman–Crippen LogP) is 2.44. The summed E-state index contributed by atoms with van der Waals surface area (Å²) in [5.41, 5.74) is 1.39. The standard InChI is InChI=1S/C17H14N2O4/c1-21-12-7-6-11(15(10-12)22-2)9-14-17(20)23-16(19-14)13-5-3-4-8-18-13/h3-10H,1-2H3/b14-9+. The molecule has 6 heteroatoms. The van der Waals surface area contributed by atoms with E-state index in [0.29, 0.717) is 22.8 Å². The van der Waals surface area contributed by atoms with E-state index in [1.807, 2.05) is 0 Å². The van der Waals surface area contributed by atoms with Crippen LogP contribution in [0.25, 0.3) is 6.08 Å². The maximum absolute atomic E-state index is 12.0. The topological polar surface area (TPSA) is 70.0 Å². The number of pyridine rings is 1. The molecule has 0 spiro atoms. The second kappa shape index (κ2) is 6.31. The number of carbonyl (C=O) groups is 1. The molecule has 1 aromatic carbocycles. The molecule has 2 aromatic rings. The van der Waals surface area contributed by atoms with E-state index in [0.717, 1.165) is 0 Å². The first-order chi connectivity index (χ1) is 11.2. The van der Waals surface area contributed by atoms with Crippen molar-refractivity contribution in [3.8, 4) is 11.5 Å². The Balaban J connectivity index is 1.96. The third-order valence-corrected chi connectivity index (χ3v) is 3.24. The molecule has 6 nitrogen and oxygen atoms in total. The van der Waals surface area contributed by atoms with Gasteiger partial charge in [-0.25, -0.2) is 9.79 Å². The summed E-state index contributed by atoms with van der Waals surface area (Å²) in [6, 6.07) is 10.6. The monoisotopic (exact) mass is 310 g/mol. The lowest BCUT2D eigenvalue weighted by atomic mass is 10.1. The van der Waals surface area contributed by atoms with Crippen LogP contribution in [0, 0.1) is 0 Å². The van der Waals surface area contributed by atoms with Crippen molar-refractivity contribution in [2.75, 3.05) is 14.2 Å². The normalized spacial score (nSPS) is 15.3. The molecule has 0 bridgehead atoms. The number of carbonyl (C=O) groups excluding carboxylic acids is 1. The van der Waals surface area contributed by atoms with E-state index >= 15 is 0 Å². The second-order valence-electron chi connectivity index (χ2n) is 4.66. The van der Waals surface area contributed by atoms with Crippen LogP contribution >= 0.6 is 0 Å². The number of aliphatic imine (C=N–C) groups is 1. The van der Waals surface area contributed by atoms with Gasteiger partial charge in [0, 0.05) is 17.8 Å². The highest BCUT2D eigenvalue weighted by Crippen LogP contribution is 2.28. The van der Waals surface area contributed by atoms with Gasteiger partial charge in [0.25, 0.3) is 0 Å². The number of hydrogen-bond acceptors (Lipinski definition) is 6. The fraction of sp³-hybridized carbons (Fsp3) is 0.118. The highest BCUT2D eigenvalue weighted by atomic mass is 16.6. The van der Waals surface area contributed by atoms with Crippen molar-refractivity contribution < 1.29 is 19.0 Å². The summed E-state index contributed by atoms with van der Waals surface area (Å²) in [6.45, 7) is 0. The van der Waals surface area contributed by atoms with Gasteiger partial charge >= 0.3 is 5.97 Å². The lowest BCUT2D eigenvalue weighted by Gasteiger charge is -2.07. The summed E-state index contributed by atoms with van der Waals surface area (Å²) in [4.78, 5) is 20.3. The van der Waals surface area contributed by atoms with Crippen LogP contribution in [0.4, 0.5) is 0 Å². The van der Waals surface area contributed by atoms with Gasteiger partial charge in [-0.15, -0.1) is 0 Å².